The molecule has 112 valence electrons. The SMILES string of the molecule is CC(CC1COCCN1)N(CCO)Cc1ccccc1. The van der Waals surface area contributed by atoms with Crippen LogP contribution in [0, 0.1) is 0 Å². The van der Waals surface area contributed by atoms with Crippen molar-refractivity contribution in [2.75, 3.05) is 32.9 Å². The first-order chi connectivity index (χ1) is 9.79. The minimum Gasteiger partial charge on any atom is -0.395 e. The van der Waals surface area contributed by atoms with Crippen LogP contribution in [0.2, 0.25) is 0 Å². The van der Waals surface area contributed by atoms with Crippen molar-refractivity contribution in [1.29, 1.82) is 0 Å². The van der Waals surface area contributed by atoms with Gasteiger partial charge in [-0.15, -0.1) is 0 Å². The number of morpholine rings is 1. The van der Waals surface area contributed by atoms with E-state index in [0.717, 1.165) is 32.7 Å². The van der Waals surface area contributed by atoms with Gasteiger partial charge in [0.1, 0.15) is 0 Å². The summed E-state index contributed by atoms with van der Waals surface area (Å²) >= 11 is 0. The van der Waals surface area contributed by atoms with Crippen molar-refractivity contribution in [2.45, 2.75) is 32.0 Å². The molecule has 2 unspecified atom stereocenters. The first-order valence-corrected chi connectivity index (χ1v) is 7.49. The van der Waals surface area contributed by atoms with Gasteiger partial charge < -0.3 is 15.2 Å². The van der Waals surface area contributed by atoms with Gasteiger partial charge in [-0.25, -0.2) is 0 Å². The Hall–Kier alpha value is -0.940. The van der Waals surface area contributed by atoms with E-state index in [1.807, 2.05) is 6.07 Å². The first kappa shape index (κ1) is 15.4. The lowest BCUT2D eigenvalue weighted by Gasteiger charge is -2.33. The first-order valence-electron chi connectivity index (χ1n) is 7.49. The third kappa shape index (κ3) is 4.87. The fourth-order valence-electron chi connectivity index (χ4n) is 2.73. The van der Waals surface area contributed by atoms with Crippen LogP contribution in [-0.4, -0.2) is 55.0 Å². The van der Waals surface area contributed by atoms with Crippen LogP contribution in [0.25, 0.3) is 0 Å². The van der Waals surface area contributed by atoms with Gasteiger partial charge in [0, 0.05) is 31.7 Å². The second-order valence-electron chi connectivity index (χ2n) is 5.49. The maximum atomic E-state index is 9.29. The molecular weight excluding hydrogens is 252 g/mol. The zero-order valence-electron chi connectivity index (χ0n) is 12.3. The van der Waals surface area contributed by atoms with E-state index in [9.17, 15) is 5.11 Å². The molecule has 1 aliphatic heterocycles. The maximum Gasteiger partial charge on any atom is 0.0620 e. The van der Waals surface area contributed by atoms with Crippen molar-refractivity contribution in [3.05, 3.63) is 35.9 Å². The second kappa shape index (κ2) is 8.37. The van der Waals surface area contributed by atoms with E-state index >= 15 is 0 Å². The van der Waals surface area contributed by atoms with Gasteiger partial charge in [0.15, 0.2) is 0 Å². The molecule has 1 aliphatic rings. The standard InChI is InChI=1S/C16H26N2O2/c1-14(11-16-13-20-10-7-17-16)18(8-9-19)12-15-5-3-2-4-6-15/h2-6,14,16-17,19H,7-13H2,1H3. The molecule has 1 saturated heterocycles. The Kier molecular flexibility index (Phi) is 6.47. The maximum absolute atomic E-state index is 9.29. The van der Waals surface area contributed by atoms with Crippen molar-refractivity contribution in [3.63, 3.8) is 0 Å². The normalized spacial score (nSPS) is 21.1. The average molecular weight is 278 g/mol. The van der Waals surface area contributed by atoms with Gasteiger partial charge in [0.25, 0.3) is 0 Å². The van der Waals surface area contributed by atoms with Crippen LogP contribution in [0.4, 0.5) is 0 Å². The lowest BCUT2D eigenvalue weighted by molar-refractivity contribution is 0.0581. The van der Waals surface area contributed by atoms with Crippen LogP contribution in [0.5, 0.6) is 0 Å². The molecule has 1 fully saturated rings. The van der Waals surface area contributed by atoms with Crippen molar-refractivity contribution >= 4 is 0 Å². The van der Waals surface area contributed by atoms with E-state index < -0.39 is 0 Å². The van der Waals surface area contributed by atoms with Crippen LogP contribution in [0.3, 0.4) is 0 Å². The van der Waals surface area contributed by atoms with Gasteiger partial charge in [-0.1, -0.05) is 30.3 Å². The predicted octanol–water partition coefficient (Wildman–Crippen LogP) is 1.25. The van der Waals surface area contributed by atoms with Gasteiger partial charge in [-0.2, -0.15) is 0 Å². The van der Waals surface area contributed by atoms with Gasteiger partial charge in [-0.05, 0) is 18.9 Å². The summed E-state index contributed by atoms with van der Waals surface area (Å²) in [6.45, 7) is 6.58. The van der Waals surface area contributed by atoms with E-state index in [-0.39, 0.29) is 6.61 Å². The Morgan fingerprint density at radius 3 is 2.85 bits per heavy atom. The predicted molar refractivity (Wildman–Crippen MR) is 80.6 cm³/mol. The molecule has 1 aromatic carbocycles. The average Bonchev–Trinajstić information content (AvgIpc) is 2.49. The largest absolute Gasteiger partial charge is 0.395 e. The summed E-state index contributed by atoms with van der Waals surface area (Å²) < 4.78 is 5.51. The summed E-state index contributed by atoms with van der Waals surface area (Å²) in [5.74, 6) is 0. The molecule has 0 aromatic heterocycles. The zero-order valence-corrected chi connectivity index (χ0v) is 12.3. The van der Waals surface area contributed by atoms with E-state index in [4.69, 9.17) is 4.74 Å². The van der Waals surface area contributed by atoms with Crippen molar-refractivity contribution in [1.82, 2.24) is 10.2 Å². The summed E-state index contributed by atoms with van der Waals surface area (Å²) in [5.41, 5.74) is 1.29. The molecule has 2 rings (SSSR count). The molecule has 0 saturated carbocycles. The highest BCUT2D eigenvalue weighted by Gasteiger charge is 2.20. The number of nitrogens with one attached hydrogen (secondary N) is 1. The van der Waals surface area contributed by atoms with E-state index in [1.165, 1.54) is 5.56 Å². The highest BCUT2D eigenvalue weighted by molar-refractivity contribution is 5.14. The Morgan fingerprint density at radius 2 is 2.20 bits per heavy atom. The summed E-state index contributed by atoms with van der Waals surface area (Å²) in [6, 6.07) is 11.3. The molecule has 4 heteroatoms. The minimum atomic E-state index is 0.200. The molecule has 4 nitrogen and oxygen atoms in total. The van der Waals surface area contributed by atoms with Crippen LogP contribution >= 0.6 is 0 Å². The number of hydrogen-bond acceptors (Lipinski definition) is 4. The Balaban J connectivity index is 1.89. The van der Waals surface area contributed by atoms with Crippen LogP contribution < -0.4 is 5.32 Å². The zero-order chi connectivity index (χ0) is 14.2. The van der Waals surface area contributed by atoms with Crippen LogP contribution in [-0.2, 0) is 11.3 Å². The molecule has 0 bridgehead atoms. The van der Waals surface area contributed by atoms with Gasteiger partial charge in [-0.3, -0.25) is 4.90 Å². The Morgan fingerprint density at radius 1 is 1.40 bits per heavy atom. The Bertz CT molecular complexity index is 366. The number of benzene rings is 1. The number of aliphatic hydroxyl groups excluding tert-OH is 1. The molecule has 1 heterocycles. The van der Waals surface area contributed by atoms with Crippen molar-refractivity contribution in [3.8, 4) is 0 Å². The molecule has 2 N–H and O–H groups in total. The third-order valence-corrected chi connectivity index (χ3v) is 3.86. The van der Waals surface area contributed by atoms with Crippen molar-refractivity contribution in [2.24, 2.45) is 0 Å². The van der Waals surface area contributed by atoms with E-state index in [1.54, 1.807) is 0 Å². The summed E-state index contributed by atoms with van der Waals surface area (Å²) in [5, 5.41) is 12.8. The molecule has 0 radical (unpaired) electrons. The fourth-order valence-corrected chi connectivity index (χ4v) is 2.73. The van der Waals surface area contributed by atoms with Crippen LogP contribution in [0.15, 0.2) is 30.3 Å². The number of aliphatic hydroxyl groups is 1. The van der Waals surface area contributed by atoms with Gasteiger partial charge in [0.2, 0.25) is 0 Å². The summed E-state index contributed by atoms with van der Waals surface area (Å²) in [7, 11) is 0. The highest BCUT2D eigenvalue weighted by atomic mass is 16.5. The molecule has 0 aliphatic carbocycles. The highest BCUT2D eigenvalue weighted by Crippen LogP contribution is 2.13. The lowest BCUT2D eigenvalue weighted by Crippen LogP contribution is -2.46. The number of hydrogen-bond donors (Lipinski definition) is 2. The number of nitrogens with zero attached hydrogens (tertiary/aromatic N) is 1. The number of ether oxygens (including phenoxy) is 1. The molecular formula is C16H26N2O2. The molecule has 1 aromatic rings. The monoisotopic (exact) mass is 278 g/mol. The van der Waals surface area contributed by atoms with Gasteiger partial charge in [0.05, 0.1) is 19.8 Å². The summed E-state index contributed by atoms with van der Waals surface area (Å²) in [4.78, 5) is 2.34. The van der Waals surface area contributed by atoms with Crippen molar-refractivity contribution < 1.29 is 9.84 Å². The molecule has 20 heavy (non-hydrogen) atoms. The molecule has 0 spiro atoms. The molecule has 2 atom stereocenters. The molecule has 0 amide bonds. The minimum absolute atomic E-state index is 0.200. The van der Waals surface area contributed by atoms with E-state index in [2.05, 4.69) is 41.4 Å². The van der Waals surface area contributed by atoms with Gasteiger partial charge >= 0.3 is 0 Å². The fraction of sp³-hybridized carbons (Fsp3) is 0.625. The van der Waals surface area contributed by atoms with Crippen LogP contribution in [0.1, 0.15) is 18.9 Å². The lowest BCUT2D eigenvalue weighted by atomic mass is 10.1. The Labute approximate surface area is 121 Å². The third-order valence-electron chi connectivity index (χ3n) is 3.86. The smallest absolute Gasteiger partial charge is 0.0620 e. The quantitative estimate of drug-likeness (QED) is 0.788. The second-order valence-corrected chi connectivity index (χ2v) is 5.49. The van der Waals surface area contributed by atoms with E-state index in [0.29, 0.717) is 18.6 Å². The number of rotatable bonds is 7. The summed E-state index contributed by atoms with van der Waals surface area (Å²) in [6.07, 6.45) is 1.05. The topological polar surface area (TPSA) is 44.7 Å².